The number of carbonyl (C=O) groups is 2. The molecule has 1 aliphatic rings. The lowest BCUT2D eigenvalue weighted by Gasteiger charge is -2.13. The van der Waals surface area contributed by atoms with Crippen molar-refractivity contribution in [2.75, 3.05) is 11.9 Å². The van der Waals surface area contributed by atoms with Gasteiger partial charge >= 0.3 is 0 Å². The van der Waals surface area contributed by atoms with Crippen LogP contribution in [0, 0.1) is 0 Å². The van der Waals surface area contributed by atoms with Crippen LogP contribution in [0.15, 0.2) is 42.7 Å². The highest BCUT2D eigenvalue weighted by atomic mass is 16.5. The summed E-state index contributed by atoms with van der Waals surface area (Å²) in [4.78, 5) is 28.4. The number of anilines is 1. The molecule has 2 aromatic carbocycles. The summed E-state index contributed by atoms with van der Waals surface area (Å²) in [6.07, 6.45) is 3.31. The molecule has 2 amide bonds. The number of benzene rings is 2. The van der Waals surface area contributed by atoms with Gasteiger partial charge in [-0.3, -0.25) is 14.9 Å². The monoisotopic (exact) mass is 351 g/mol. The summed E-state index contributed by atoms with van der Waals surface area (Å²) in [5, 5.41) is 13.6. The molecule has 0 radical (unpaired) electrons. The molecule has 26 heavy (non-hydrogen) atoms. The number of carbonyl (C=O) groups excluding carboxylic acids is 2. The average molecular weight is 351 g/mol. The minimum Gasteiger partial charge on any atom is -0.483 e. The number of aromatic nitrogens is 3. The topological polar surface area (TPSA) is 109 Å². The summed E-state index contributed by atoms with van der Waals surface area (Å²) >= 11 is 0. The Balaban J connectivity index is 1.59. The third-order valence-electron chi connectivity index (χ3n) is 4.04. The van der Waals surface area contributed by atoms with Crippen molar-refractivity contribution in [3.05, 3.63) is 48.3 Å². The van der Waals surface area contributed by atoms with Gasteiger partial charge in [-0.1, -0.05) is 24.3 Å². The van der Waals surface area contributed by atoms with Crippen molar-refractivity contribution in [2.24, 2.45) is 0 Å². The van der Waals surface area contributed by atoms with Gasteiger partial charge in [-0.25, -0.2) is 5.10 Å². The third-order valence-corrected chi connectivity index (χ3v) is 4.04. The Hall–Kier alpha value is -3.42. The molecule has 8 heteroatoms. The first-order valence-electron chi connectivity index (χ1n) is 8.31. The second kappa shape index (κ2) is 6.83. The summed E-state index contributed by atoms with van der Waals surface area (Å²) in [7, 11) is 0. The van der Waals surface area contributed by atoms with Gasteiger partial charge in [0.25, 0.3) is 11.8 Å². The van der Waals surface area contributed by atoms with E-state index >= 15 is 0 Å². The van der Waals surface area contributed by atoms with E-state index in [1.54, 1.807) is 12.1 Å². The molecule has 1 aliphatic carbocycles. The van der Waals surface area contributed by atoms with Gasteiger partial charge in [0.15, 0.2) is 6.61 Å². The Kier molecular flexibility index (Phi) is 4.22. The molecule has 132 valence electrons. The number of aromatic amines is 1. The van der Waals surface area contributed by atoms with E-state index in [9.17, 15) is 9.59 Å². The second-order valence-electron chi connectivity index (χ2n) is 6.11. The number of rotatable bonds is 6. The van der Waals surface area contributed by atoms with Gasteiger partial charge in [0, 0.05) is 6.04 Å². The molecule has 0 saturated heterocycles. The largest absolute Gasteiger partial charge is 0.483 e. The minimum absolute atomic E-state index is 0.141. The second-order valence-corrected chi connectivity index (χ2v) is 6.11. The van der Waals surface area contributed by atoms with Gasteiger partial charge in [0.1, 0.15) is 12.1 Å². The number of hydrogen-bond acceptors (Lipinski definition) is 5. The molecular weight excluding hydrogens is 334 g/mol. The van der Waals surface area contributed by atoms with Crippen molar-refractivity contribution in [2.45, 2.75) is 18.9 Å². The van der Waals surface area contributed by atoms with Crippen molar-refractivity contribution >= 4 is 28.5 Å². The molecule has 4 rings (SSSR count). The van der Waals surface area contributed by atoms with Gasteiger partial charge < -0.3 is 10.1 Å². The number of nitrogens with zero attached hydrogens (tertiary/aromatic N) is 2. The molecule has 1 saturated carbocycles. The van der Waals surface area contributed by atoms with Crippen molar-refractivity contribution < 1.29 is 14.3 Å². The van der Waals surface area contributed by atoms with E-state index < -0.39 is 5.91 Å². The first kappa shape index (κ1) is 16.1. The Labute approximate surface area is 149 Å². The van der Waals surface area contributed by atoms with Crippen LogP contribution in [0.1, 0.15) is 23.2 Å². The Morgan fingerprint density at radius 3 is 2.65 bits per heavy atom. The summed E-state index contributed by atoms with van der Waals surface area (Å²) in [5.74, 6) is -0.0143. The quantitative estimate of drug-likeness (QED) is 0.628. The van der Waals surface area contributed by atoms with E-state index in [-0.39, 0.29) is 24.5 Å². The molecule has 0 aliphatic heterocycles. The summed E-state index contributed by atoms with van der Waals surface area (Å²) in [6.45, 7) is -0.141. The summed E-state index contributed by atoms with van der Waals surface area (Å²) in [5.41, 5.74) is 0.319. The van der Waals surface area contributed by atoms with Crippen LogP contribution in [-0.4, -0.2) is 39.6 Å². The Morgan fingerprint density at radius 2 is 1.96 bits per heavy atom. The third kappa shape index (κ3) is 3.64. The smallest absolute Gasteiger partial charge is 0.261 e. The van der Waals surface area contributed by atoms with Crippen molar-refractivity contribution in [3.8, 4) is 5.75 Å². The first-order chi connectivity index (χ1) is 12.7. The highest BCUT2D eigenvalue weighted by Gasteiger charge is 2.23. The van der Waals surface area contributed by atoms with E-state index in [1.165, 1.54) is 6.33 Å². The standard InChI is InChI=1S/C18H17N5O3/c24-16(21-13-5-6-13)9-26-15-8-12-4-2-1-3-11(12)7-14(15)17(25)22-18-19-10-20-23-18/h1-4,7-8,10,13H,5-6,9H2,(H,21,24)(H2,19,20,22,23,25). The van der Waals surface area contributed by atoms with Crippen LogP contribution in [0.3, 0.4) is 0 Å². The number of hydrogen-bond donors (Lipinski definition) is 3. The predicted octanol–water partition coefficient (Wildman–Crippen LogP) is 1.87. The zero-order valence-electron chi connectivity index (χ0n) is 13.9. The lowest BCUT2D eigenvalue weighted by molar-refractivity contribution is -0.123. The fourth-order valence-electron chi connectivity index (χ4n) is 2.60. The zero-order valence-corrected chi connectivity index (χ0v) is 13.9. The Bertz CT molecular complexity index is 951. The Morgan fingerprint density at radius 1 is 1.19 bits per heavy atom. The molecule has 0 atom stereocenters. The lowest BCUT2D eigenvalue weighted by atomic mass is 10.1. The van der Waals surface area contributed by atoms with Crippen LogP contribution in [0.5, 0.6) is 5.75 Å². The minimum atomic E-state index is -0.398. The molecule has 1 fully saturated rings. The van der Waals surface area contributed by atoms with E-state index in [0.717, 1.165) is 23.6 Å². The van der Waals surface area contributed by atoms with Crippen molar-refractivity contribution in [3.63, 3.8) is 0 Å². The fraction of sp³-hybridized carbons (Fsp3) is 0.222. The van der Waals surface area contributed by atoms with Crippen LogP contribution in [0.2, 0.25) is 0 Å². The highest BCUT2D eigenvalue weighted by molar-refractivity contribution is 6.08. The van der Waals surface area contributed by atoms with Gasteiger partial charge in [0.2, 0.25) is 5.95 Å². The lowest BCUT2D eigenvalue weighted by Crippen LogP contribution is -2.30. The maximum atomic E-state index is 12.6. The van der Waals surface area contributed by atoms with Crippen LogP contribution in [0.25, 0.3) is 10.8 Å². The van der Waals surface area contributed by atoms with Crippen LogP contribution < -0.4 is 15.4 Å². The van der Waals surface area contributed by atoms with E-state index in [0.29, 0.717) is 11.3 Å². The molecule has 1 heterocycles. The fourth-order valence-corrected chi connectivity index (χ4v) is 2.60. The average Bonchev–Trinajstić information content (AvgIpc) is 3.31. The number of fused-ring (bicyclic) bond motifs is 1. The maximum Gasteiger partial charge on any atom is 0.261 e. The maximum absolute atomic E-state index is 12.6. The normalized spacial score (nSPS) is 13.4. The van der Waals surface area contributed by atoms with Gasteiger partial charge in [-0.2, -0.15) is 10.1 Å². The van der Waals surface area contributed by atoms with E-state index in [2.05, 4.69) is 25.8 Å². The van der Waals surface area contributed by atoms with E-state index in [4.69, 9.17) is 4.74 Å². The van der Waals surface area contributed by atoms with Crippen LogP contribution >= 0.6 is 0 Å². The molecule has 1 aromatic heterocycles. The van der Waals surface area contributed by atoms with Gasteiger partial charge in [-0.05, 0) is 35.7 Å². The summed E-state index contributed by atoms with van der Waals surface area (Å²) < 4.78 is 5.66. The molecule has 0 unspecified atom stereocenters. The molecule has 3 aromatic rings. The van der Waals surface area contributed by atoms with Crippen molar-refractivity contribution in [1.29, 1.82) is 0 Å². The predicted molar refractivity (Wildman–Crippen MR) is 94.9 cm³/mol. The van der Waals surface area contributed by atoms with Crippen molar-refractivity contribution in [1.82, 2.24) is 20.5 Å². The van der Waals surface area contributed by atoms with E-state index in [1.807, 2.05) is 24.3 Å². The number of nitrogens with one attached hydrogen (secondary N) is 3. The number of ether oxygens (including phenoxy) is 1. The van der Waals surface area contributed by atoms with Gasteiger partial charge in [-0.15, -0.1) is 0 Å². The number of H-pyrrole nitrogens is 1. The molecule has 8 nitrogen and oxygen atoms in total. The van der Waals surface area contributed by atoms with Crippen LogP contribution in [-0.2, 0) is 4.79 Å². The molecule has 0 bridgehead atoms. The highest BCUT2D eigenvalue weighted by Crippen LogP contribution is 2.27. The molecular formula is C18H17N5O3. The molecule has 3 N–H and O–H groups in total. The number of amides is 2. The SMILES string of the molecule is O=C(COc1cc2ccccc2cc1C(=O)Nc1ncn[nH]1)NC1CC1. The molecule has 0 spiro atoms. The zero-order chi connectivity index (χ0) is 17.9. The summed E-state index contributed by atoms with van der Waals surface area (Å²) in [6, 6.07) is 11.4. The first-order valence-corrected chi connectivity index (χ1v) is 8.31. The van der Waals surface area contributed by atoms with Crippen LogP contribution in [0.4, 0.5) is 5.95 Å². The van der Waals surface area contributed by atoms with Gasteiger partial charge in [0.05, 0.1) is 5.56 Å².